The summed E-state index contributed by atoms with van der Waals surface area (Å²) in [5.74, 6) is -5.53. The Kier molecular flexibility index (Phi) is 20.3. The number of alkyl carbamates (subject to hydrolysis) is 2. The number of likely N-dealkylation sites (N-methyl/N-ethyl adjacent to an activating group) is 2. The number of imide groups is 1. The van der Waals surface area contributed by atoms with Crippen molar-refractivity contribution in [2.24, 2.45) is 5.92 Å². The largest absolute Gasteiger partial charge is 0.495 e. The predicted octanol–water partition coefficient (Wildman–Crippen LogP) is 2.60. The Labute approximate surface area is 455 Å². The van der Waals surface area contributed by atoms with Gasteiger partial charge in [-0.05, 0) is 51.0 Å². The lowest BCUT2D eigenvalue weighted by Crippen LogP contribution is -2.63. The number of rotatable bonds is 14. The number of epoxide rings is 1. The zero-order chi connectivity index (χ0) is 57.2. The summed E-state index contributed by atoms with van der Waals surface area (Å²) < 4.78 is 50.3. The van der Waals surface area contributed by atoms with Gasteiger partial charge < -0.3 is 72.6 Å². The topological polar surface area (TPSA) is 306 Å². The molecule has 7 amide bonds. The van der Waals surface area contributed by atoms with Crippen LogP contribution in [0, 0.1) is 5.92 Å². The van der Waals surface area contributed by atoms with Gasteiger partial charge in [0, 0.05) is 53.4 Å². The second-order valence-corrected chi connectivity index (χ2v) is 19.9. The number of carbonyl (C=O) groups is 9. The third-order valence-corrected chi connectivity index (χ3v) is 14.3. The van der Waals surface area contributed by atoms with Crippen LogP contribution >= 0.6 is 11.6 Å². The molecule has 3 saturated heterocycles. The number of carbonyl (C=O) groups excluding carboxylic acids is 9. The van der Waals surface area contributed by atoms with Gasteiger partial charge in [0.1, 0.15) is 66.3 Å². The lowest BCUT2D eigenvalue weighted by Gasteiger charge is -2.42. The molecule has 5 aliphatic heterocycles. The van der Waals surface area contributed by atoms with Crippen molar-refractivity contribution in [1.82, 2.24) is 25.5 Å². The molecule has 3 unspecified atom stereocenters. The highest BCUT2D eigenvalue weighted by atomic mass is 35.5. The van der Waals surface area contributed by atoms with E-state index in [1.807, 2.05) is 13.0 Å². The van der Waals surface area contributed by atoms with Crippen LogP contribution in [-0.4, -0.2) is 196 Å². The van der Waals surface area contributed by atoms with Gasteiger partial charge in [-0.3, -0.25) is 24.5 Å². The van der Waals surface area contributed by atoms with Gasteiger partial charge in [0.15, 0.2) is 5.72 Å². The van der Waals surface area contributed by atoms with E-state index in [9.17, 15) is 48.3 Å². The number of esters is 1. The van der Waals surface area contributed by atoms with Crippen LogP contribution in [0.25, 0.3) is 0 Å². The Bertz CT molecular complexity index is 2550. The van der Waals surface area contributed by atoms with Crippen LogP contribution < -0.4 is 20.3 Å². The number of allylic oxidation sites excluding steroid dienone is 3. The number of nitrogens with zero attached hydrogens (tertiary/aromatic N) is 4. The van der Waals surface area contributed by atoms with E-state index in [-0.39, 0.29) is 55.1 Å². The van der Waals surface area contributed by atoms with Gasteiger partial charge >= 0.3 is 30.2 Å². The lowest BCUT2D eigenvalue weighted by atomic mass is 9.83. The molecule has 10 atom stereocenters. The third-order valence-electron chi connectivity index (χ3n) is 13.9. The third kappa shape index (κ3) is 14.8. The van der Waals surface area contributed by atoms with Crippen molar-refractivity contribution in [1.29, 1.82) is 0 Å². The fraction of sp³-hybridized carbons (Fsp3) is 0.588. The Morgan fingerprint density at radius 2 is 1.73 bits per heavy atom. The summed E-state index contributed by atoms with van der Waals surface area (Å²) in [5, 5.41) is 17.0. The van der Waals surface area contributed by atoms with E-state index < -0.39 is 140 Å². The number of halogens is 1. The SMILES string of the molecule is COc1cc2cc(c1Cl)N(C)C(=O)C[C@H](OC(=O)[C@H](C)N(C)C(=O)CCOC(=O)NC(CN(C)C(=O)OC1/C=C/COCOC1)C(=O)ON1C(=O)CCC1=O)[C@]1(C)OC1[C@H](C)[C@@H]1C[C@@](O)(NC(=O)O1)[C@H](OC)/C=C/C=C(\C)C2. The molecule has 26 nitrogen and oxygen atoms in total. The van der Waals surface area contributed by atoms with Crippen molar-refractivity contribution in [3.63, 3.8) is 0 Å². The molecule has 3 N–H and O–H groups in total. The normalized spacial score (nSPS) is 28.8. The van der Waals surface area contributed by atoms with Gasteiger partial charge in [-0.2, -0.15) is 0 Å². The Hall–Kier alpha value is -6.84. The van der Waals surface area contributed by atoms with Gasteiger partial charge in [-0.1, -0.05) is 48.4 Å². The summed E-state index contributed by atoms with van der Waals surface area (Å²) >= 11 is 6.80. The highest BCUT2D eigenvalue weighted by Crippen LogP contribution is 2.49. The highest BCUT2D eigenvalue weighted by Gasteiger charge is 2.64. The summed E-state index contributed by atoms with van der Waals surface area (Å²) in [7, 11) is 6.85. The molecule has 0 spiro atoms. The minimum atomic E-state index is -1.93. The van der Waals surface area contributed by atoms with Crippen molar-refractivity contribution >= 4 is 71.1 Å². The Morgan fingerprint density at radius 3 is 2.42 bits per heavy atom. The predicted molar refractivity (Wildman–Crippen MR) is 270 cm³/mol. The molecule has 0 radical (unpaired) electrons. The number of ether oxygens (including phenoxy) is 9. The van der Waals surface area contributed by atoms with Gasteiger partial charge in [0.2, 0.25) is 11.8 Å². The van der Waals surface area contributed by atoms with Crippen molar-refractivity contribution < 1.29 is 95.7 Å². The molecule has 78 heavy (non-hydrogen) atoms. The van der Waals surface area contributed by atoms with Crippen LogP contribution in [0.5, 0.6) is 5.75 Å². The average molecular weight is 1120 g/mol. The van der Waals surface area contributed by atoms with E-state index in [0.29, 0.717) is 12.1 Å². The van der Waals surface area contributed by atoms with Crippen molar-refractivity contribution in [3.05, 3.63) is 58.7 Å². The molecule has 4 bridgehead atoms. The van der Waals surface area contributed by atoms with Crippen LogP contribution in [-0.2, 0) is 77.9 Å². The van der Waals surface area contributed by atoms with Gasteiger partial charge in [0.25, 0.3) is 11.8 Å². The Balaban J connectivity index is 1.15. The van der Waals surface area contributed by atoms with E-state index in [4.69, 9.17) is 59.1 Å². The molecule has 0 aliphatic carbocycles. The second kappa shape index (κ2) is 26.2. The maximum atomic E-state index is 14.4. The molecule has 1 aromatic carbocycles. The van der Waals surface area contributed by atoms with Crippen LogP contribution in [0.2, 0.25) is 5.02 Å². The lowest BCUT2D eigenvalue weighted by molar-refractivity contribution is -0.199. The molecule has 428 valence electrons. The van der Waals surface area contributed by atoms with E-state index in [0.717, 1.165) is 20.9 Å². The maximum absolute atomic E-state index is 14.4. The van der Waals surface area contributed by atoms with E-state index in [2.05, 4.69) is 10.6 Å². The first-order chi connectivity index (χ1) is 36.9. The molecule has 3 fully saturated rings. The first-order valence-electron chi connectivity index (χ1n) is 25.0. The fourth-order valence-corrected chi connectivity index (χ4v) is 9.36. The summed E-state index contributed by atoms with van der Waals surface area (Å²) in [6.45, 7) is 5.49. The van der Waals surface area contributed by atoms with E-state index in [1.54, 1.807) is 44.2 Å². The summed E-state index contributed by atoms with van der Waals surface area (Å²) in [4.78, 5) is 127. The first-order valence-corrected chi connectivity index (χ1v) is 25.4. The summed E-state index contributed by atoms with van der Waals surface area (Å²) in [5.41, 5.74) is -1.45. The monoisotopic (exact) mass is 1120 g/mol. The van der Waals surface area contributed by atoms with Gasteiger partial charge in [-0.15, -0.1) is 5.06 Å². The standard InChI is InChI=1S/C51H67ClN6O20/c1-28-12-10-14-37(70-9)51(68)24-36(75-48(66)54-51)29(2)44-50(4,77-44)38(23-42(62)57(7)34-21-31(20-28)22-35(69-8)43(34)52)76-45(63)30(3)56(6)39(59)17-19-73-47(65)53-33(46(64)78-58-40(60)15-16-41(58)61)25-55(5)49(67)74-32-13-11-18-71-27-72-26-32/h10-14,21-22,29-30,32-33,36-38,44,68H,15-20,23-27H2,1-9H3,(H,53,65)(H,54,66)/b13-11+,14-10+,28-12+/t29-,30+,32?,33?,36+,37-,38+,44?,50+,51+/m1/s1. The van der Waals surface area contributed by atoms with Crippen LogP contribution in [0.4, 0.5) is 20.1 Å². The number of hydroxylamine groups is 2. The summed E-state index contributed by atoms with van der Waals surface area (Å²) in [6.07, 6.45) is -1.03. The molecule has 5 aliphatic rings. The summed E-state index contributed by atoms with van der Waals surface area (Å²) in [6, 6.07) is 0.401. The molecule has 0 saturated carbocycles. The maximum Gasteiger partial charge on any atom is 0.410 e. The molecule has 5 heterocycles. The zero-order valence-electron chi connectivity index (χ0n) is 44.8. The molecule has 0 aromatic heterocycles. The number of nitrogens with one attached hydrogen (secondary N) is 2. The van der Waals surface area contributed by atoms with Crippen LogP contribution in [0.3, 0.4) is 0 Å². The smallest absolute Gasteiger partial charge is 0.410 e. The minimum Gasteiger partial charge on any atom is -0.495 e. The molecule has 1 aromatic rings. The number of anilines is 1. The fourth-order valence-electron chi connectivity index (χ4n) is 9.04. The van der Waals surface area contributed by atoms with Gasteiger partial charge in [-0.25, -0.2) is 24.0 Å². The number of amides is 7. The molecule has 6 rings (SSSR count). The van der Waals surface area contributed by atoms with Crippen LogP contribution in [0.15, 0.2) is 48.1 Å². The minimum absolute atomic E-state index is 0.0407. The molecular weight excluding hydrogens is 1050 g/mol. The van der Waals surface area contributed by atoms with Crippen molar-refractivity contribution in [3.8, 4) is 5.75 Å². The number of hydrogen-bond acceptors (Lipinski definition) is 20. The van der Waals surface area contributed by atoms with Crippen LogP contribution in [0.1, 0.15) is 65.4 Å². The number of benzene rings is 1. The molecule has 27 heteroatoms. The number of hydrogen-bond donors (Lipinski definition) is 3. The first kappa shape index (κ1) is 60.4. The Morgan fingerprint density at radius 1 is 1.01 bits per heavy atom. The van der Waals surface area contributed by atoms with Crippen molar-refractivity contribution in [2.45, 2.75) is 120 Å². The van der Waals surface area contributed by atoms with E-state index >= 15 is 0 Å². The number of methoxy groups -OCH3 is 2. The number of fused-ring (bicyclic) bond motifs is 5. The highest BCUT2D eigenvalue weighted by molar-refractivity contribution is 6.35. The van der Waals surface area contributed by atoms with E-state index in [1.165, 1.54) is 53.3 Å². The average Bonchev–Trinajstić information content (AvgIpc) is 4.14. The quantitative estimate of drug-likeness (QED) is 0.0793. The zero-order valence-corrected chi connectivity index (χ0v) is 45.6. The van der Waals surface area contributed by atoms with Crippen molar-refractivity contribution in [2.75, 3.05) is 73.4 Å². The number of aliphatic hydroxyl groups is 1. The van der Waals surface area contributed by atoms with Gasteiger partial charge in [0.05, 0.1) is 51.5 Å². The molecular formula is C51H67ClN6O20. The second-order valence-electron chi connectivity index (χ2n) is 19.6.